The van der Waals surface area contributed by atoms with Crippen molar-refractivity contribution in [1.29, 1.82) is 0 Å². The second-order valence-electron chi connectivity index (χ2n) is 3.10. The lowest BCUT2D eigenvalue weighted by atomic mass is 10.3. The van der Waals surface area contributed by atoms with Crippen molar-refractivity contribution in [1.82, 2.24) is 0 Å². The largest absolute Gasteiger partial charge is 0.461 e. The summed E-state index contributed by atoms with van der Waals surface area (Å²) in [5, 5.41) is 0. The third kappa shape index (κ3) is 7.73. The first-order valence-electron chi connectivity index (χ1n) is 5.07. The van der Waals surface area contributed by atoms with E-state index in [9.17, 15) is 9.59 Å². The second-order valence-corrected chi connectivity index (χ2v) is 3.10. The Morgan fingerprint density at radius 2 is 1.60 bits per heavy atom. The molecule has 0 aromatic heterocycles. The zero-order chi connectivity index (χ0) is 11.7. The molecule has 15 heavy (non-hydrogen) atoms. The Morgan fingerprint density at radius 1 is 1.07 bits per heavy atom. The van der Waals surface area contributed by atoms with E-state index < -0.39 is 0 Å². The van der Waals surface area contributed by atoms with E-state index in [-0.39, 0.29) is 25.2 Å². The fourth-order valence-corrected chi connectivity index (χ4v) is 0.734. The fraction of sp³-hybridized carbons (Fsp3) is 0.636. The molecule has 0 bridgehead atoms. The fourth-order valence-electron chi connectivity index (χ4n) is 0.734. The SMILES string of the molecule is CCC(=O)OC/C=C(\C)COC(=O)CC. The van der Waals surface area contributed by atoms with E-state index >= 15 is 0 Å². The van der Waals surface area contributed by atoms with Crippen LogP contribution in [0.15, 0.2) is 11.6 Å². The van der Waals surface area contributed by atoms with Crippen molar-refractivity contribution in [3.05, 3.63) is 11.6 Å². The molecule has 0 spiro atoms. The molecule has 0 aliphatic carbocycles. The van der Waals surface area contributed by atoms with Crippen molar-refractivity contribution in [3.63, 3.8) is 0 Å². The summed E-state index contributed by atoms with van der Waals surface area (Å²) >= 11 is 0. The minimum atomic E-state index is -0.232. The second kappa shape index (κ2) is 8.03. The highest BCUT2D eigenvalue weighted by Crippen LogP contribution is 1.96. The van der Waals surface area contributed by atoms with Gasteiger partial charge in [0.1, 0.15) is 13.2 Å². The molecule has 0 heterocycles. The molecule has 4 heteroatoms. The van der Waals surface area contributed by atoms with Crippen LogP contribution >= 0.6 is 0 Å². The summed E-state index contributed by atoms with van der Waals surface area (Å²) in [5.41, 5.74) is 0.876. The zero-order valence-corrected chi connectivity index (χ0v) is 9.54. The van der Waals surface area contributed by atoms with Gasteiger partial charge in [-0.25, -0.2) is 0 Å². The molecule has 4 nitrogen and oxygen atoms in total. The lowest BCUT2D eigenvalue weighted by molar-refractivity contribution is -0.143. The van der Waals surface area contributed by atoms with Crippen molar-refractivity contribution < 1.29 is 19.1 Å². The Morgan fingerprint density at radius 3 is 2.13 bits per heavy atom. The van der Waals surface area contributed by atoms with Crippen LogP contribution in [0.1, 0.15) is 33.6 Å². The Balaban J connectivity index is 3.70. The van der Waals surface area contributed by atoms with Crippen LogP contribution in [0, 0.1) is 0 Å². The Hall–Kier alpha value is -1.32. The molecule has 0 radical (unpaired) electrons. The standard InChI is InChI=1S/C11H18O4/c1-4-10(12)14-7-6-9(3)8-15-11(13)5-2/h6H,4-5,7-8H2,1-3H3/b9-6+. The van der Waals surface area contributed by atoms with E-state index in [0.29, 0.717) is 12.8 Å². The zero-order valence-electron chi connectivity index (χ0n) is 9.54. The summed E-state index contributed by atoms with van der Waals surface area (Å²) in [4.78, 5) is 21.6. The summed E-state index contributed by atoms with van der Waals surface area (Å²) < 4.78 is 9.73. The molecule has 0 unspecified atom stereocenters. The van der Waals surface area contributed by atoms with Gasteiger partial charge in [0.2, 0.25) is 0 Å². The molecule has 86 valence electrons. The average molecular weight is 214 g/mol. The van der Waals surface area contributed by atoms with Gasteiger partial charge in [0.15, 0.2) is 0 Å². The molecule has 0 rings (SSSR count). The number of hydrogen-bond acceptors (Lipinski definition) is 4. The van der Waals surface area contributed by atoms with Gasteiger partial charge in [0.05, 0.1) is 0 Å². The molecule has 0 aliphatic rings. The lowest BCUT2D eigenvalue weighted by Gasteiger charge is -2.04. The van der Waals surface area contributed by atoms with Gasteiger partial charge in [-0.2, -0.15) is 0 Å². The first-order chi connectivity index (χ1) is 7.10. The monoisotopic (exact) mass is 214 g/mol. The van der Waals surface area contributed by atoms with Gasteiger partial charge in [-0.15, -0.1) is 0 Å². The van der Waals surface area contributed by atoms with Gasteiger partial charge in [-0.3, -0.25) is 9.59 Å². The minimum Gasteiger partial charge on any atom is -0.461 e. The van der Waals surface area contributed by atoms with Gasteiger partial charge in [0, 0.05) is 12.8 Å². The molecule has 0 atom stereocenters. The maximum atomic E-state index is 10.8. The molecular weight excluding hydrogens is 196 g/mol. The molecule has 0 amide bonds. The third-order valence-electron chi connectivity index (χ3n) is 1.71. The Kier molecular flexibility index (Phi) is 7.32. The first-order valence-corrected chi connectivity index (χ1v) is 5.07. The van der Waals surface area contributed by atoms with E-state index in [2.05, 4.69) is 0 Å². The van der Waals surface area contributed by atoms with Crippen LogP contribution in [0.4, 0.5) is 0 Å². The quantitative estimate of drug-likeness (QED) is 0.500. The van der Waals surface area contributed by atoms with E-state index in [4.69, 9.17) is 9.47 Å². The number of esters is 2. The molecule has 0 fully saturated rings. The summed E-state index contributed by atoms with van der Waals surface area (Å²) in [5.74, 6) is -0.460. The van der Waals surface area contributed by atoms with E-state index in [0.717, 1.165) is 5.57 Å². The molecule has 0 saturated carbocycles. The van der Waals surface area contributed by atoms with Crippen molar-refractivity contribution >= 4 is 11.9 Å². The average Bonchev–Trinajstić information content (AvgIpc) is 2.25. The lowest BCUT2D eigenvalue weighted by Crippen LogP contribution is -2.06. The van der Waals surface area contributed by atoms with Crippen LogP contribution in [-0.4, -0.2) is 25.2 Å². The third-order valence-corrected chi connectivity index (χ3v) is 1.71. The number of rotatable bonds is 6. The maximum Gasteiger partial charge on any atom is 0.305 e. The number of carbonyl (C=O) groups is 2. The van der Waals surface area contributed by atoms with Crippen LogP contribution < -0.4 is 0 Å². The predicted molar refractivity (Wildman–Crippen MR) is 56.3 cm³/mol. The molecule has 0 N–H and O–H groups in total. The van der Waals surface area contributed by atoms with Crippen molar-refractivity contribution in [2.45, 2.75) is 33.6 Å². The van der Waals surface area contributed by atoms with Gasteiger partial charge in [-0.1, -0.05) is 13.8 Å². The van der Waals surface area contributed by atoms with Crippen LogP contribution in [0.3, 0.4) is 0 Å². The Labute approximate surface area is 90.2 Å². The molecule has 0 aliphatic heterocycles. The van der Waals surface area contributed by atoms with Crippen LogP contribution in [-0.2, 0) is 19.1 Å². The van der Waals surface area contributed by atoms with Gasteiger partial charge in [0.25, 0.3) is 0 Å². The minimum absolute atomic E-state index is 0.228. The predicted octanol–water partition coefficient (Wildman–Crippen LogP) is 1.84. The number of hydrogen-bond donors (Lipinski definition) is 0. The topological polar surface area (TPSA) is 52.6 Å². The number of ether oxygens (including phenoxy) is 2. The van der Waals surface area contributed by atoms with Gasteiger partial charge >= 0.3 is 11.9 Å². The summed E-state index contributed by atoms with van der Waals surface area (Å²) in [6.07, 6.45) is 2.48. The van der Waals surface area contributed by atoms with Gasteiger partial charge in [-0.05, 0) is 18.6 Å². The smallest absolute Gasteiger partial charge is 0.305 e. The summed E-state index contributed by atoms with van der Waals surface area (Å²) in [7, 11) is 0. The van der Waals surface area contributed by atoms with Gasteiger partial charge < -0.3 is 9.47 Å². The van der Waals surface area contributed by atoms with E-state index in [1.54, 1.807) is 19.9 Å². The first kappa shape index (κ1) is 13.7. The van der Waals surface area contributed by atoms with Crippen LogP contribution in [0.2, 0.25) is 0 Å². The molecular formula is C11H18O4. The van der Waals surface area contributed by atoms with Crippen molar-refractivity contribution in [3.8, 4) is 0 Å². The van der Waals surface area contributed by atoms with E-state index in [1.807, 2.05) is 6.92 Å². The molecule has 0 aromatic carbocycles. The highest BCUT2D eigenvalue weighted by atomic mass is 16.5. The van der Waals surface area contributed by atoms with E-state index in [1.165, 1.54) is 0 Å². The highest BCUT2D eigenvalue weighted by molar-refractivity contribution is 5.69. The van der Waals surface area contributed by atoms with Crippen LogP contribution in [0.5, 0.6) is 0 Å². The number of carbonyl (C=O) groups excluding carboxylic acids is 2. The van der Waals surface area contributed by atoms with Crippen molar-refractivity contribution in [2.24, 2.45) is 0 Å². The Bertz CT molecular complexity index is 243. The summed E-state index contributed by atoms with van der Waals surface area (Å²) in [6, 6.07) is 0. The maximum absolute atomic E-state index is 10.8. The summed E-state index contributed by atoms with van der Waals surface area (Å²) in [6.45, 7) is 5.80. The highest BCUT2D eigenvalue weighted by Gasteiger charge is 1.99. The van der Waals surface area contributed by atoms with Crippen LogP contribution in [0.25, 0.3) is 0 Å². The van der Waals surface area contributed by atoms with Crippen molar-refractivity contribution in [2.75, 3.05) is 13.2 Å². The molecule has 0 saturated heterocycles. The normalized spacial score (nSPS) is 11.0. The molecule has 0 aromatic rings.